The molecule has 2 aromatic carbocycles. The molecule has 2 aliphatic heterocycles. The molecular formula is C34H41FN4O7S2. The Bertz CT molecular complexity index is 1770. The minimum atomic E-state index is -4.05. The van der Waals surface area contributed by atoms with Gasteiger partial charge in [-0.3, -0.25) is 0 Å². The second kappa shape index (κ2) is 12.5. The number of fused-ring (bicyclic) bond motifs is 3. The number of nitrogens with one attached hydrogen (secondary N) is 2. The van der Waals surface area contributed by atoms with E-state index in [0.29, 0.717) is 24.1 Å². The summed E-state index contributed by atoms with van der Waals surface area (Å²) in [5.41, 5.74) is 1.19. The van der Waals surface area contributed by atoms with Crippen molar-refractivity contribution in [2.75, 3.05) is 25.0 Å². The smallest absolute Gasteiger partial charge is 0.407 e. The van der Waals surface area contributed by atoms with E-state index >= 15 is 0 Å². The lowest BCUT2D eigenvalue weighted by Crippen LogP contribution is -2.53. The van der Waals surface area contributed by atoms with Gasteiger partial charge in [-0.1, -0.05) is 30.4 Å². The van der Waals surface area contributed by atoms with Crippen molar-refractivity contribution in [1.29, 1.82) is 0 Å². The maximum Gasteiger partial charge on any atom is 0.407 e. The lowest BCUT2D eigenvalue weighted by atomic mass is 9.78. The van der Waals surface area contributed by atoms with Gasteiger partial charge in [-0.2, -0.15) is 4.31 Å². The first-order valence-electron chi connectivity index (χ1n) is 16.9. The van der Waals surface area contributed by atoms with Crippen molar-refractivity contribution >= 4 is 42.8 Å². The third kappa shape index (κ3) is 6.79. The molecule has 0 spiro atoms. The molecule has 1 amide bonds. The van der Waals surface area contributed by atoms with Gasteiger partial charge in [-0.15, -0.1) is 0 Å². The third-order valence-corrected chi connectivity index (χ3v) is 13.2. The van der Waals surface area contributed by atoms with Gasteiger partial charge in [0.05, 0.1) is 40.0 Å². The van der Waals surface area contributed by atoms with Crippen molar-refractivity contribution in [3.8, 4) is 0 Å². The van der Waals surface area contributed by atoms with E-state index in [9.17, 15) is 22.7 Å². The fraction of sp³-hybridized carbons (Fsp3) is 0.588. The van der Waals surface area contributed by atoms with Gasteiger partial charge >= 0.3 is 6.09 Å². The normalized spacial score (nSPS) is 28.4. The van der Waals surface area contributed by atoms with Crippen LogP contribution in [0.25, 0.3) is 10.2 Å². The molecule has 3 aliphatic carbocycles. The van der Waals surface area contributed by atoms with Gasteiger partial charge in [0.25, 0.3) is 0 Å². The van der Waals surface area contributed by atoms with Crippen LogP contribution in [0.15, 0.2) is 47.4 Å². The summed E-state index contributed by atoms with van der Waals surface area (Å²) in [5, 5.41) is 18.7. The molecule has 5 fully saturated rings. The molecule has 258 valence electrons. The number of carbonyl (C=O) groups excluding carboxylic acids is 1. The van der Waals surface area contributed by atoms with Gasteiger partial charge in [0, 0.05) is 31.0 Å². The van der Waals surface area contributed by atoms with Crippen LogP contribution in [0.1, 0.15) is 51.0 Å². The number of rotatable bonds is 13. The fourth-order valence-corrected chi connectivity index (χ4v) is 9.94. The first-order valence-corrected chi connectivity index (χ1v) is 19.1. The van der Waals surface area contributed by atoms with Crippen LogP contribution in [0.2, 0.25) is 0 Å². The lowest BCUT2D eigenvalue weighted by molar-refractivity contribution is -0.153. The minimum Gasteiger partial charge on any atom is -0.443 e. The summed E-state index contributed by atoms with van der Waals surface area (Å²) in [4.78, 5) is 18.2. The van der Waals surface area contributed by atoms with E-state index in [1.165, 1.54) is 27.8 Å². The maximum absolute atomic E-state index is 14.3. The zero-order chi connectivity index (χ0) is 33.2. The number of carbonyl (C=O) groups is 1. The summed E-state index contributed by atoms with van der Waals surface area (Å²) in [7, 11) is -4.05. The van der Waals surface area contributed by atoms with Crippen molar-refractivity contribution in [1.82, 2.24) is 14.6 Å². The van der Waals surface area contributed by atoms with Gasteiger partial charge in [0.15, 0.2) is 11.4 Å². The standard InChI is InChI=1S/C34H41FN4O7S2/c1-34(10-11-34)18-39(48(42,43)24-8-9-25-29(15-24)47-32(37-25)36-23-6-7-23)16-27(40)26(12-19-2-4-22(35)5-3-19)38-33(41)46-30-21-13-20-14-28(30)45-31(20)44-17-21/h2-5,8-9,15,20-21,23,26-28,30-31,40H,6-7,10-14,16-18H2,1H3,(H,36,37)(H,38,41). The Morgan fingerprint density at radius 3 is 2.73 bits per heavy atom. The van der Waals surface area contributed by atoms with Crippen molar-refractivity contribution in [3.63, 3.8) is 0 Å². The number of nitrogens with zero attached hydrogens (tertiary/aromatic N) is 2. The number of thiazole rings is 1. The van der Waals surface area contributed by atoms with Gasteiger partial charge in [0.1, 0.15) is 11.9 Å². The number of aliphatic hydroxyl groups excluding tert-OH is 1. The molecule has 3 heterocycles. The molecule has 3 aromatic rings. The fourth-order valence-electron chi connectivity index (χ4n) is 7.25. The quantitative estimate of drug-likeness (QED) is 0.233. The van der Waals surface area contributed by atoms with Crippen LogP contribution >= 0.6 is 11.3 Å². The van der Waals surface area contributed by atoms with E-state index in [1.807, 2.05) is 6.92 Å². The Morgan fingerprint density at radius 2 is 1.98 bits per heavy atom. The summed E-state index contributed by atoms with van der Waals surface area (Å²) >= 11 is 1.42. The van der Waals surface area contributed by atoms with Gasteiger partial charge in [-0.05, 0) is 86.3 Å². The zero-order valence-electron chi connectivity index (χ0n) is 26.7. The van der Waals surface area contributed by atoms with Gasteiger partial charge in [0.2, 0.25) is 10.0 Å². The molecular weight excluding hydrogens is 660 g/mol. The zero-order valence-corrected chi connectivity index (χ0v) is 28.3. The predicted octanol–water partition coefficient (Wildman–Crippen LogP) is 4.65. The Balaban J connectivity index is 1.02. The molecule has 48 heavy (non-hydrogen) atoms. The second-order valence-electron chi connectivity index (χ2n) is 14.6. The largest absolute Gasteiger partial charge is 0.443 e. The van der Waals surface area contributed by atoms with Gasteiger partial charge in [-0.25, -0.2) is 22.6 Å². The molecule has 2 saturated heterocycles. The summed E-state index contributed by atoms with van der Waals surface area (Å²) in [6.45, 7) is 2.45. The van der Waals surface area contributed by atoms with E-state index in [4.69, 9.17) is 14.2 Å². The average Bonchev–Trinajstić information content (AvgIpc) is 3.95. The van der Waals surface area contributed by atoms with Crippen molar-refractivity contribution in [2.24, 2.45) is 17.3 Å². The van der Waals surface area contributed by atoms with Crippen LogP contribution in [0.3, 0.4) is 0 Å². The van der Waals surface area contributed by atoms with E-state index < -0.39 is 40.2 Å². The number of amides is 1. The molecule has 3 saturated carbocycles. The molecule has 7 atom stereocenters. The Kier molecular flexibility index (Phi) is 8.40. The molecule has 3 bridgehead atoms. The molecule has 8 rings (SSSR count). The van der Waals surface area contributed by atoms with Crippen molar-refractivity contribution in [2.45, 2.75) is 93.5 Å². The molecule has 5 aliphatic rings. The highest BCUT2D eigenvalue weighted by molar-refractivity contribution is 7.89. The summed E-state index contributed by atoms with van der Waals surface area (Å²) in [5.74, 6) is -0.0740. The lowest BCUT2D eigenvalue weighted by Gasteiger charge is -2.37. The Morgan fingerprint density at radius 1 is 1.19 bits per heavy atom. The molecule has 14 heteroatoms. The Hall–Kier alpha value is -2.88. The molecule has 3 N–H and O–H groups in total. The number of aliphatic hydroxyl groups is 1. The first kappa shape index (κ1) is 32.3. The number of hydrogen-bond acceptors (Lipinski definition) is 10. The van der Waals surface area contributed by atoms with Crippen molar-refractivity contribution in [3.05, 3.63) is 53.8 Å². The highest BCUT2D eigenvalue weighted by Gasteiger charge is 2.54. The highest BCUT2D eigenvalue weighted by atomic mass is 32.2. The number of benzene rings is 2. The SMILES string of the molecule is CC1(CN(CC(O)C(Cc2ccc(F)cc2)NC(=O)OC2C3COC4OC2CC4C3)S(=O)(=O)c2ccc3nc(NC4CC4)sc3c2)CC1. The van der Waals surface area contributed by atoms with E-state index in [0.717, 1.165) is 53.9 Å². The molecule has 7 unspecified atom stereocenters. The topological polar surface area (TPSA) is 139 Å². The molecule has 11 nitrogen and oxygen atoms in total. The minimum absolute atomic E-state index is 0.0232. The predicted molar refractivity (Wildman–Crippen MR) is 176 cm³/mol. The number of hydrogen-bond donors (Lipinski definition) is 3. The van der Waals surface area contributed by atoms with Crippen LogP contribution in [0.4, 0.5) is 14.3 Å². The van der Waals surface area contributed by atoms with Crippen LogP contribution in [-0.4, -0.2) is 85.3 Å². The number of aromatic nitrogens is 1. The Labute approximate surface area is 283 Å². The molecule has 1 aromatic heterocycles. The van der Waals surface area contributed by atoms with Gasteiger partial charge < -0.3 is 30.0 Å². The third-order valence-electron chi connectivity index (χ3n) is 10.5. The van der Waals surface area contributed by atoms with Crippen LogP contribution in [0, 0.1) is 23.1 Å². The van der Waals surface area contributed by atoms with E-state index in [1.54, 1.807) is 30.3 Å². The first-order chi connectivity index (χ1) is 23.0. The number of ether oxygens (including phenoxy) is 3. The summed E-state index contributed by atoms with van der Waals surface area (Å²) in [6.07, 6.45) is 2.70. The van der Waals surface area contributed by atoms with Crippen molar-refractivity contribution < 1.29 is 36.9 Å². The molecule has 0 radical (unpaired) electrons. The van der Waals surface area contributed by atoms with Crippen LogP contribution in [0.5, 0.6) is 0 Å². The van der Waals surface area contributed by atoms with Crippen LogP contribution < -0.4 is 10.6 Å². The van der Waals surface area contributed by atoms with E-state index in [-0.39, 0.29) is 48.1 Å². The van der Waals surface area contributed by atoms with Crippen LogP contribution in [-0.2, 0) is 30.7 Å². The van der Waals surface area contributed by atoms with E-state index in [2.05, 4.69) is 15.6 Å². The monoisotopic (exact) mass is 700 g/mol. The highest BCUT2D eigenvalue weighted by Crippen LogP contribution is 2.47. The average molecular weight is 701 g/mol. The second-order valence-corrected chi connectivity index (χ2v) is 17.5. The summed E-state index contributed by atoms with van der Waals surface area (Å²) in [6, 6.07) is 10.2. The summed E-state index contributed by atoms with van der Waals surface area (Å²) < 4.78 is 62.1. The number of sulfonamides is 1. The number of alkyl carbamates (subject to hydrolysis) is 1. The number of halogens is 1. The maximum atomic E-state index is 14.3. The number of anilines is 1.